The first kappa shape index (κ1) is 16.1. The molecular formula is C18H11F3N4O. The zero-order valence-electron chi connectivity index (χ0n) is 13.2. The second-order valence-electron chi connectivity index (χ2n) is 5.57. The van der Waals surface area contributed by atoms with Crippen LogP contribution in [0.25, 0.3) is 22.4 Å². The van der Waals surface area contributed by atoms with E-state index in [1.54, 1.807) is 12.1 Å². The number of aromatic nitrogens is 3. The Morgan fingerprint density at radius 3 is 2.35 bits per heavy atom. The highest BCUT2D eigenvalue weighted by atomic mass is 19.1. The lowest BCUT2D eigenvalue weighted by molar-refractivity contribution is 0.451. The van der Waals surface area contributed by atoms with Crippen molar-refractivity contribution < 1.29 is 17.7 Å². The molecule has 0 aliphatic carbocycles. The fourth-order valence-electron chi connectivity index (χ4n) is 2.60. The highest BCUT2D eigenvalue weighted by Crippen LogP contribution is 2.32. The first-order chi connectivity index (χ1) is 12.6. The first-order valence-corrected chi connectivity index (χ1v) is 7.65. The van der Waals surface area contributed by atoms with Crippen LogP contribution in [-0.2, 0) is 6.54 Å². The zero-order valence-corrected chi connectivity index (χ0v) is 13.2. The van der Waals surface area contributed by atoms with Gasteiger partial charge in [0.15, 0.2) is 0 Å². The van der Waals surface area contributed by atoms with Gasteiger partial charge in [-0.25, -0.2) is 18.2 Å². The molecule has 4 rings (SSSR count). The van der Waals surface area contributed by atoms with Crippen molar-refractivity contribution in [2.24, 2.45) is 0 Å². The molecule has 0 aliphatic rings. The normalized spacial score (nSPS) is 11.0. The molecule has 0 amide bonds. The number of hydrogen-bond acceptors (Lipinski definition) is 5. The lowest BCUT2D eigenvalue weighted by atomic mass is 10.1. The van der Waals surface area contributed by atoms with E-state index in [4.69, 9.17) is 4.52 Å². The molecule has 1 N–H and O–H groups in total. The number of rotatable bonds is 4. The molecule has 2 aromatic carbocycles. The molecule has 0 unspecified atom stereocenters. The minimum atomic E-state index is -0.728. The summed E-state index contributed by atoms with van der Waals surface area (Å²) < 4.78 is 45.2. The van der Waals surface area contributed by atoms with Gasteiger partial charge in [-0.05, 0) is 29.8 Å². The van der Waals surface area contributed by atoms with Crippen LogP contribution in [0.4, 0.5) is 19.0 Å². The highest BCUT2D eigenvalue weighted by Gasteiger charge is 2.18. The van der Waals surface area contributed by atoms with E-state index in [0.29, 0.717) is 17.7 Å². The summed E-state index contributed by atoms with van der Waals surface area (Å²) in [6.45, 7) is 0.356. The van der Waals surface area contributed by atoms with Crippen LogP contribution in [-0.4, -0.2) is 15.1 Å². The Kier molecular flexibility index (Phi) is 4.00. The summed E-state index contributed by atoms with van der Waals surface area (Å²) in [5.41, 5.74) is 1.44. The molecule has 0 bridgehead atoms. The van der Waals surface area contributed by atoms with E-state index in [1.807, 2.05) is 0 Å². The molecule has 2 heterocycles. The van der Waals surface area contributed by atoms with E-state index in [-0.39, 0.29) is 22.8 Å². The fourth-order valence-corrected chi connectivity index (χ4v) is 2.60. The van der Waals surface area contributed by atoms with Gasteiger partial charge in [0.2, 0.25) is 0 Å². The SMILES string of the molecule is Fc1ccc(CNc2ncnc3onc(-c4cc(F)cc(F)c4)c23)cc1. The van der Waals surface area contributed by atoms with Gasteiger partial charge in [-0.3, -0.25) is 0 Å². The Bertz CT molecular complexity index is 1060. The maximum atomic E-state index is 13.5. The summed E-state index contributed by atoms with van der Waals surface area (Å²) >= 11 is 0. The monoisotopic (exact) mass is 356 g/mol. The van der Waals surface area contributed by atoms with Gasteiger partial charge < -0.3 is 9.84 Å². The van der Waals surface area contributed by atoms with Crippen LogP contribution in [0.3, 0.4) is 0 Å². The van der Waals surface area contributed by atoms with Crippen molar-refractivity contribution in [2.75, 3.05) is 5.32 Å². The van der Waals surface area contributed by atoms with E-state index < -0.39 is 11.6 Å². The van der Waals surface area contributed by atoms with E-state index in [0.717, 1.165) is 23.8 Å². The molecule has 0 aliphatic heterocycles. The standard InChI is InChI=1S/C18H11F3N4O/c19-12-3-1-10(2-4-12)8-22-17-15-16(25-26-18(15)24-9-23-17)11-5-13(20)7-14(21)6-11/h1-7,9H,8H2,(H,22,23,24). The third-order valence-electron chi connectivity index (χ3n) is 3.78. The summed E-state index contributed by atoms with van der Waals surface area (Å²) in [5.74, 6) is -1.39. The Morgan fingerprint density at radius 1 is 0.885 bits per heavy atom. The maximum absolute atomic E-state index is 13.5. The molecule has 0 spiro atoms. The molecule has 0 fully saturated rings. The molecule has 8 heteroatoms. The molecule has 0 radical (unpaired) electrons. The quantitative estimate of drug-likeness (QED) is 0.590. The molecule has 0 saturated heterocycles. The van der Waals surface area contributed by atoms with Gasteiger partial charge in [-0.1, -0.05) is 17.3 Å². The van der Waals surface area contributed by atoms with Crippen molar-refractivity contribution >= 4 is 16.9 Å². The number of nitrogens with one attached hydrogen (secondary N) is 1. The van der Waals surface area contributed by atoms with Gasteiger partial charge in [-0.2, -0.15) is 4.98 Å². The number of halogens is 3. The molecule has 0 saturated carbocycles. The minimum Gasteiger partial charge on any atom is -0.365 e. The van der Waals surface area contributed by atoms with Crippen LogP contribution < -0.4 is 5.32 Å². The van der Waals surface area contributed by atoms with Crippen molar-refractivity contribution in [1.29, 1.82) is 0 Å². The van der Waals surface area contributed by atoms with E-state index >= 15 is 0 Å². The molecule has 26 heavy (non-hydrogen) atoms. The minimum absolute atomic E-state index is 0.182. The van der Waals surface area contributed by atoms with Crippen molar-refractivity contribution in [1.82, 2.24) is 15.1 Å². The highest BCUT2D eigenvalue weighted by molar-refractivity contribution is 5.97. The van der Waals surface area contributed by atoms with Crippen LogP contribution in [0.5, 0.6) is 0 Å². The summed E-state index contributed by atoms with van der Waals surface area (Å²) in [5, 5.41) is 7.36. The molecule has 0 atom stereocenters. The zero-order chi connectivity index (χ0) is 18.1. The van der Waals surface area contributed by atoms with Crippen LogP contribution >= 0.6 is 0 Å². The average Bonchev–Trinajstić information content (AvgIpc) is 3.05. The second kappa shape index (κ2) is 6.47. The largest absolute Gasteiger partial charge is 0.365 e. The van der Waals surface area contributed by atoms with Crippen molar-refractivity contribution in [3.63, 3.8) is 0 Å². The lowest BCUT2D eigenvalue weighted by Crippen LogP contribution is -2.02. The summed E-state index contributed by atoms with van der Waals surface area (Å²) in [4.78, 5) is 8.14. The first-order valence-electron chi connectivity index (χ1n) is 7.65. The van der Waals surface area contributed by atoms with Crippen LogP contribution in [0.1, 0.15) is 5.56 Å². The second-order valence-corrected chi connectivity index (χ2v) is 5.57. The van der Waals surface area contributed by atoms with E-state index in [2.05, 4.69) is 20.4 Å². The maximum Gasteiger partial charge on any atom is 0.263 e. The Hall–Kier alpha value is -3.42. The Labute approximate surface area is 145 Å². The summed E-state index contributed by atoms with van der Waals surface area (Å²) in [6, 6.07) is 9.05. The molecule has 130 valence electrons. The Balaban J connectivity index is 1.73. The van der Waals surface area contributed by atoms with Crippen LogP contribution in [0.2, 0.25) is 0 Å². The topological polar surface area (TPSA) is 63.8 Å². The number of benzene rings is 2. The number of nitrogens with zero attached hydrogens (tertiary/aromatic N) is 3. The van der Waals surface area contributed by atoms with Crippen molar-refractivity contribution in [3.8, 4) is 11.3 Å². The van der Waals surface area contributed by atoms with Crippen LogP contribution in [0, 0.1) is 17.5 Å². The van der Waals surface area contributed by atoms with Gasteiger partial charge in [-0.15, -0.1) is 0 Å². The number of anilines is 1. The van der Waals surface area contributed by atoms with Gasteiger partial charge in [0.1, 0.15) is 40.7 Å². The lowest BCUT2D eigenvalue weighted by Gasteiger charge is -2.07. The van der Waals surface area contributed by atoms with Gasteiger partial charge in [0.05, 0.1) is 0 Å². The third-order valence-corrected chi connectivity index (χ3v) is 3.78. The number of fused-ring (bicyclic) bond motifs is 1. The molecule has 2 aromatic heterocycles. The average molecular weight is 356 g/mol. The van der Waals surface area contributed by atoms with E-state index in [1.165, 1.54) is 18.5 Å². The van der Waals surface area contributed by atoms with Gasteiger partial charge in [0.25, 0.3) is 5.71 Å². The number of hydrogen-bond donors (Lipinski definition) is 1. The van der Waals surface area contributed by atoms with Gasteiger partial charge in [0, 0.05) is 18.2 Å². The summed E-state index contributed by atoms with van der Waals surface area (Å²) in [6.07, 6.45) is 1.29. The smallest absolute Gasteiger partial charge is 0.263 e. The van der Waals surface area contributed by atoms with Gasteiger partial charge >= 0.3 is 0 Å². The van der Waals surface area contributed by atoms with Crippen molar-refractivity contribution in [3.05, 3.63) is 71.8 Å². The van der Waals surface area contributed by atoms with Crippen molar-refractivity contribution in [2.45, 2.75) is 6.54 Å². The molecule has 4 aromatic rings. The molecule has 5 nitrogen and oxygen atoms in total. The van der Waals surface area contributed by atoms with Crippen LogP contribution in [0.15, 0.2) is 53.3 Å². The third kappa shape index (κ3) is 3.08. The fraction of sp³-hybridized carbons (Fsp3) is 0.0556. The van der Waals surface area contributed by atoms with E-state index in [9.17, 15) is 13.2 Å². The summed E-state index contributed by atoms with van der Waals surface area (Å²) in [7, 11) is 0. The Morgan fingerprint density at radius 2 is 1.62 bits per heavy atom. The predicted octanol–water partition coefficient (Wildman–Crippen LogP) is 4.31. The molecular weight excluding hydrogens is 345 g/mol. The predicted molar refractivity (Wildman–Crippen MR) is 88.7 cm³/mol.